The van der Waals surface area contributed by atoms with Gasteiger partial charge >= 0.3 is 21.6 Å². The van der Waals surface area contributed by atoms with Gasteiger partial charge in [0.1, 0.15) is 6.04 Å². The van der Waals surface area contributed by atoms with Crippen LogP contribution in [0.25, 0.3) is 0 Å². The third-order valence-corrected chi connectivity index (χ3v) is 9.59. The Morgan fingerprint density at radius 1 is 0.961 bits per heavy atom. The lowest BCUT2D eigenvalue weighted by atomic mass is 9.80. The van der Waals surface area contributed by atoms with Gasteiger partial charge in [0.15, 0.2) is 16.6 Å². The fraction of sp³-hybridized carbons (Fsp3) is 0.188. The lowest BCUT2D eigenvalue weighted by molar-refractivity contribution is -0.156. The maximum absolute atomic E-state index is 13.9. The number of anilines is 1. The molecule has 264 valence electrons. The summed E-state index contributed by atoms with van der Waals surface area (Å²) < 4.78 is 70.4. The molecule has 2 unspecified atom stereocenters. The van der Waals surface area contributed by atoms with Crippen LogP contribution in [0.5, 0.6) is 0 Å². The zero-order valence-electron chi connectivity index (χ0n) is 25.9. The van der Waals surface area contributed by atoms with Crippen molar-refractivity contribution in [2.75, 3.05) is 5.73 Å². The highest BCUT2D eigenvalue weighted by molar-refractivity contribution is 7.87. The van der Waals surface area contributed by atoms with Gasteiger partial charge in [-0.2, -0.15) is 30.9 Å². The fourth-order valence-electron chi connectivity index (χ4n) is 5.80. The van der Waals surface area contributed by atoms with Gasteiger partial charge in [-0.15, -0.1) is 0 Å². The van der Waals surface area contributed by atoms with Crippen molar-refractivity contribution < 1.29 is 50.1 Å². The largest absolute Gasteiger partial charge is 0.534 e. The highest BCUT2D eigenvalue weighted by atomic mass is 32.2. The number of aromatic nitrogens is 2. The number of alkyl halides is 3. The van der Waals surface area contributed by atoms with E-state index in [0.29, 0.717) is 21.6 Å². The first-order chi connectivity index (χ1) is 24.2. The maximum Gasteiger partial charge on any atom is 0.534 e. The Kier molecular flexibility index (Phi) is 9.25. The number of fused-ring (bicyclic) bond motifs is 1. The van der Waals surface area contributed by atoms with Gasteiger partial charge in [-0.25, -0.2) is 4.79 Å². The van der Waals surface area contributed by atoms with E-state index in [1.54, 1.807) is 36.4 Å². The predicted molar refractivity (Wildman–Crippen MR) is 174 cm³/mol. The molecule has 0 bridgehead atoms. The number of carboxylic acids is 1. The molecule has 2 aliphatic heterocycles. The summed E-state index contributed by atoms with van der Waals surface area (Å²) in [6, 6.07) is 24.6. The predicted octanol–water partition coefficient (Wildman–Crippen LogP) is 3.48. The minimum absolute atomic E-state index is 0.0262. The summed E-state index contributed by atoms with van der Waals surface area (Å²) in [6.07, 6.45) is -0.875. The van der Waals surface area contributed by atoms with Gasteiger partial charge in [0.2, 0.25) is 17.1 Å². The number of allylic oxidation sites excluding steroid dienone is 1. The van der Waals surface area contributed by atoms with Crippen LogP contribution in [0.3, 0.4) is 0 Å². The van der Waals surface area contributed by atoms with Crippen molar-refractivity contribution in [2.45, 2.75) is 36.0 Å². The maximum atomic E-state index is 13.9. The van der Waals surface area contributed by atoms with Gasteiger partial charge in [0.25, 0.3) is 11.8 Å². The molecule has 2 amide bonds. The molecule has 3 heterocycles. The van der Waals surface area contributed by atoms with E-state index in [4.69, 9.17) is 10.6 Å². The van der Waals surface area contributed by atoms with Crippen LogP contribution in [0.4, 0.5) is 18.3 Å². The molecule has 6 rings (SSSR count). The third kappa shape index (κ3) is 6.47. The number of carbonyl (C=O) groups is 3. The first-order valence-corrected chi connectivity index (χ1v) is 17.1. The van der Waals surface area contributed by atoms with E-state index in [1.807, 2.05) is 54.6 Å². The van der Waals surface area contributed by atoms with Crippen molar-refractivity contribution in [3.05, 3.63) is 125 Å². The third-order valence-electron chi connectivity index (χ3n) is 8.06. The number of β-lactam (4-membered cyclic amide) rings is 1. The Balaban J connectivity index is 1.36. The van der Waals surface area contributed by atoms with E-state index < -0.39 is 74.7 Å². The minimum atomic E-state index is -6.23. The molecule has 0 spiro atoms. The number of carboxylic acid groups (broad SMARTS) is 1. The molecule has 14 nitrogen and oxygen atoms in total. The molecule has 0 aliphatic carbocycles. The van der Waals surface area contributed by atoms with E-state index >= 15 is 0 Å². The van der Waals surface area contributed by atoms with E-state index in [1.165, 1.54) is 0 Å². The van der Waals surface area contributed by atoms with E-state index in [9.17, 15) is 41.1 Å². The second-order valence-corrected chi connectivity index (χ2v) is 13.4. The first kappa shape index (κ1) is 35.0. The van der Waals surface area contributed by atoms with E-state index in [-0.39, 0.29) is 17.4 Å². The number of oxime groups is 1. The molecule has 0 saturated carbocycles. The van der Waals surface area contributed by atoms with Crippen molar-refractivity contribution in [1.29, 1.82) is 0 Å². The number of nitrogens with one attached hydrogen (secondary N) is 1. The quantitative estimate of drug-likeness (QED) is 0.0507. The van der Waals surface area contributed by atoms with Crippen molar-refractivity contribution in [2.24, 2.45) is 5.16 Å². The molecule has 51 heavy (non-hydrogen) atoms. The first-order valence-electron chi connectivity index (χ1n) is 14.9. The van der Waals surface area contributed by atoms with Gasteiger partial charge in [0, 0.05) is 34.6 Å². The zero-order valence-corrected chi connectivity index (χ0v) is 27.5. The number of nitrogens with two attached hydrogens (primary N) is 1. The molecule has 1 saturated heterocycles. The standard InChI is InChI=1S/C32H25F3N6O8S2/c33-32(34,35)51(46,47)48-22-17-16-21-23(28(43)41(21)25(22)29(44)45)37-27(42)24(26-38-30(36)50-40-26)39-49-31(18-10-4-1-5-11-18,19-12-6-2-7-13-19)20-14-8-3-9-15-20/h1-15,21,23H,16-17H2,(H,37,42)(H,44,45)(H2,36,38,40). The lowest BCUT2D eigenvalue weighted by Crippen LogP contribution is -2.72. The fourth-order valence-corrected chi connectivity index (χ4v) is 6.76. The van der Waals surface area contributed by atoms with Gasteiger partial charge in [-0.1, -0.05) is 96.2 Å². The Labute approximate surface area is 291 Å². The van der Waals surface area contributed by atoms with E-state index in [0.717, 1.165) is 11.5 Å². The van der Waals surface area contributed by atoms with Crippen LogP contribution in [-0.2, 0) is 39.1 Å². The van der Waals surface area contributed by atoms with Crippen LogP contribution in [0, 0.1) is 0 Å². The number of aliphatic carboxylic acids is 1. The van der Waals surface area contributed by atoms with Crippen LogP contribution in [0.15, 0.2) is 108 Å². The molecule has 1 fully saturated rings. The van der Waals surface area contributed by atoms with Crippen LogP contribution in [0.2, 0.25) is 0 Å². The average molecular weight is 743 g/mol. The zero-order chi connectivity index (χ0) is 36.6. The van der Waals surface area contributed by atoms with E-state index in [2.05, 4.69) is 24.0 Å². The van der Waals surface area contributed by atoms with Gasteiger partial charge < -0.3 is 25.2 Å². The smallest absolute Gasteiger partial charge is 0.476 e. The number of nitrogens with zero attached hydrogens (tertiary/aromatic N) is 4. The Morgan fingerprint density at radius 2 is 1.49 bits per heavy atom. The number of nitrogen functional groups attached to an aromatic ring is 1. The topological polar surface area (TPSA) is 203 Å². The summed E-state index contributed by atoms with van der Waals surface area (Å²) in [7, 11) is -6.23. The number of amides is 2. The summed E-state index contributed by atoms with van der Waals surface area (Å²) in [4.78, 5) is 50.2. The van der Waals surface area contributed by atoms with Crippen molar-refractivity contribution in [3.63, 3.8) is 0 Å². The van der Waals surface area contributed by atoms with Crippen molar-refractivity contribution >= 4 is 50.3 Å². The average Bonchev–Trinajstić information content (AvgIpc) is 3.54. The van der Waals surface area contributed by atoms with Gasteiger partial charge in [-0.3, -0.25) is 14.5 Å². The second kappa shape index (κ2) is 13.5. The number of hydrogen-bond donors (Lipinski definition) is 3. The number of rotatable bonds is 11. The van der Waals surface area contributed by atoms with Crippen molar-refractivity contribution in [3.8, 4) is 0 Å². The number of benzene rings is 3. The lowest BCUT2D eigenvalue weighted by Gasteiger charge is -2.49. The molecule has 4 aromatic rings. The summed E-state index contributed by atoms with van der Waals surface area (Å²) in [5.74, 6) is -5.34. The molecule has 1 aromatic heterocycles. The van der Waals surface area contributed by atoms with Crippen LogP contribution < -0.4 is 11.1 Å². The summed E-state index contributed by atoms with van der Waals surface area (Å²) in [6.45, 7) is 0. The normalized spacial score (nSPS) is 18.1. The molecule has 3 aromatic carbocycles. The minimum Gasteiger partial charge on any atom is -0.476 e. The van der Waals surface area contributed by atoms with Crippen LogP contribution >= 0.6 is 11.5 Å². The SMILES string of the molecule is Nc1nc(C(=NOC(c2ccccc2)(c2ccccc2)c2ccccc2)C(=O)NC2C(=O)N3C(C(=O)O)=C(OS(=O)(=O)C(F)(F)F)CCC23)ns1. The molecule has 4 N–H and O–H groups in total. The Hall–Kier alpha value is -5.82. The van der Waals surface area contributed by atoms with Crippen molar-refractivity contribution in [1.82, 2.24) is 19.6 Å². The summed E-state index contributed by atoms with van der Waals surface area (Å²) in [5, 5.41) is 16.4. The number of hydrogen-bond acceptors (Lipinski definition) is 12. The number of halogens is 3. The molecule has 19 heteroatoms. The monoisotopic (exact) mass is 742 g/mol. The Bertz CT molecular complexity index is 2050. The van der Waals surface area contributed by atoms with Crippen LogP contribution in [0.1, 0.15) is 35.4 Å². The number of carbonyl (C=O) groups excluding carboxylic acids is 2. The molecular formula is C32H25F3N6O8S2. The summed E-state index contributed by atoms with van der Waals surface area (Å²) in [5.41, 5.74) is -1.20. The molecule has 2 atom stereocenters. The highest BCUT2D eigenvalue weighted by Gasteiger charge is 2.56. The molecule has 2 aliphatic rings. The van der Waals surface area contributed by atoms with Gasteiger partial charge in [0.05, 0.1) is 6.04 Å². The summed E-state index contributed by atoms with van der Waals surface area (Å²) >= 11 is 0.751. The highest BCUT2D eigenvalue weighted by Crippen LogP contribution is 2.42. The van der Waals surface area contributed by atoms with Gasteiger partial charge in [-0.05, 0) is 6.42 Å². The second-order valence-electron chi connectivity index (χ2n) is 11.1. The molecular weight excluding hydrogens is 718 g/mol. The Morgan fingerprint density at radius 3 is 1.94 bits per heavy atom. The molecule has 0 radical (unpaired) electrons. The van der Waals surface area contributed by atoms with Crippen LogP contribution in [-0.4, -0.2) is 68.9 Å².